The molecule has 3 rings (SSSR count). The zero-order chi connectivity index (χ0) is 16.8. The van der Waals surface area contributed by atoms with E-state index in [0.29, 0.717) is 21.3 Å². The van der Waals surface area contributed by atoms with E-state index in [4.69, 9.17) is 0 Å². The Morgan fingerprint density at radius 2 is 2.22 bits per heavy atom. The van der Waals surface area contributed by atoms with Crippen LogP contribution in [0.3, 0.4) is 0 Å². The van der Waals surface area contributed by atoms with E-state index < -0.39 is 5.97 Å². The number of nitrogens with zero attached hydrogens (tertiary/aromatic N) is 1. The molecule has 0 bridgehead atoms. The number of aromatic nitrogens is 2. The first-order valence-electron chi connectivity index (χ1n) is 7.63. The zero-order valence-electron chi connectivity index (χ0n) is 13.4. The number of aliphatic carboxylic acids is 1. The predicted molar refractivity (Wildman–Crippen MR) is 90.9 cm³/mol. The molecule has 23 heavy (non-hydrogen) atoms. The second kappa shape index (κ2) is 5.94. The molecule has 0 saturated carbocycles. The van der Waals surface area contributed by atoms with Crippen LogP contribution in [-0.4, -0.2) is 21.7 Å². The number of carboxylic acids is 1. The summed E-state index contributed by atoms with van der Waals surface area (Å²) in [5, 5.41) is 11.6. The summed E-state index contributed by atoms with van der Waals surface area (Å²) in [6.45, 7) is 6.78. The monoisotopic (exact) mass is 351 g/mol. The molecule has 2 aromatic rings. The van der Waals surface area contributed by atoms with Crippen LogP contribution in [0.25, 0.3) is 10.2 Å². The Balaban J connectivity index is 1.98. The van der Waals surface area contributed by atoms with E-state index >= 15 is 0 Å². The van der Waals surface area contributed by atoms with Crippen molar-refractivity contribution >= 4 is 39.3 Å². The van der Waals surface area contributed by atoms with Crippen LogP contribution in [0.4, 0.5) is 0 Å². The molecule has 0 fully saturated rings. The smallest absolute Gasteiger partial charge is 0.260 e. The Hall–Kier alpha value is -1.34. The van der Waals surface area contributed by atoms with Crippen molar-refractivity contribution in [1.29, 1.82) is 0 Å². The van der Waals surface area contributed by atoms with E-state index in [1.807, 2.05) is 0 Å². The van der Waals surface area contributed by atoms with Gasteiger partial charge in [0.2, 0.25) is 0 Å². The lowest BCUT2D eigenvalue weighted by molar-refractivity contribution is -0.301. The lowest BCUT2D eigenvalue weighted by Gasteiger charge is -2.33. The van der Waals surface area contributed by atoms with Gasteiger partial charge >= 0.3 is 0 Å². The Morgan fingerprint density at radius 1 is 1.48 bits per heavy atom. The van der Waals surface area contributed by atoms with E-state index in [2.05, 4.69) is 30.7 Å². The molecule has 0 aromatic carbocycles. The van der Waals surface area contributed by atoms with E-state index in [9.17, 15) is 14.7 Å². The molecule has 0 aliphatic heterocycles. The van der Waals surface area contributed by atoms with Gasteiger partial charge in [0, 0.05) is 10.6 Å². The van der Waals surface area contributed by atoms with Gasteiger partial charge in [-0.25, -0.2) is 4.98 Å². The van der Waals surface area contributed by atoms with Crippen LogP contribution in [0.2, 0.25) is 0 Å². The van der Waals surface area contributed by atoms with Gasteiger partial charge in [0.15, 0.2) is 5.16 Å². The number of aromatic amines is 1. The normalized spacial score (nSPS) is 18.1. The van der Waals surface area contributed by atoms with E-state index in [-0.39, 0.29) is 16.7 Å². The molecule has 0 amide bonds. The minimum absolute atomic E-state index is 0.164. The summed E-state index contributed by atoms with van der Waals surface area (Å²) in [7, 11) is 0. The number of H-pyrrole nitrogens is 1. The molecule has 1 atom stereocenters. The molecule has 1 aliphatic rings. The molecule has 2 heterocycles. The number of hydrogen-bond donors (Lipinski definition) is 1. The van der Waals surface area contributed by atoms with Gasteiger partial charge in [-0.15, -0.1) is 11.3 Å². The molecule has 5 nitrogen and oxygen atoms in total. The first-order chi connectivity index (χ1) is 10.8. The van der Waals surface area contributed by atoms with E-state index in [1.54, 1.807) is 11.3 Å². The maximum Gasteiger partial charge on any atom is 0.260 e. The maximum absolute atomic E-state index is 12.4. The average Bonchev–Trinajstić information content (AvgIpc) is 2.81. The number of hydrogen-bond acceptors (Lipinski definition) is 6. The SMILES string of the molecule is CC(C)(C)[C@H]1CCc2c(sc3nc(SCC(=O)[O-])[nH]c(=O)c23)C1. The van der Waals surface area contributed by atoms with E-state index in [0.717, 1.165) is 36.6 Å². The number of carbonyl (C=O) groups is 1. The largest absolute Gasteiger partial charge is 0.549 e. The highest BCUT2D eigenvalue weighted by Crippen LogP contribution is 2.42. The van der Waals surface area contributed by atoms with Crippen LogP contribution in [0, 0.1) is 11.3 Å². The molecule has 1 aliphatic carbocycles. The number of fused-ring (bicyclic) bond motifs is 3. The third-order valence-corrected chi connectivity index (χ3v) is 6.44. The fourth-order valence-electron chi connectivity index (χ4n) is 3.10. The lowest BCUT2D eigenvalue weighted by Crippen LogP contribution is -2.26. The van der Waals surface area contributed by atoms with Crippen molar-refractivity contribution in [3.05, 3.63) is 20.8 Å². The summed E-state index contributed by atoms with van der Waals surface area (Å²) >= 11 is 2.56. The van der Waals surface area contributed by atoms with Crippen LogP contribution in [-0.2, 0) is 17.6 Å². The Labute approximate surface area is 142 Å². The fraction of sp³-hybridized carbons (Fsp3) is 0.562. The second-order valence-corrected chi connectivity index (χ2v) is 9.07. The predicted octanol–water partition coefficient (Wildman–Crippen LogP) is 1.98. The van der Waals surface area contributed by atoms with E-state index in [1.165, 1.54) is 4.88 Å². The number of carboxylic acid groups (broad SMARTS) is 1. The Morgan fingerprint density at radius 3 is 2.87 bits per heavy atom. The first-order valence-corrected chi connectivity index (χ1v) is 9.43. The van der Waals surface area contributed by atoms with Crippen molar-refractivity contribution in [3.8, 4) is 0 Å². The van der Waals surface area contributed by atoms with Crippen molar-refractivity contribution < 1.29 is 9.90 Å². The summed E-state index contributed by atoms with van der Waals surface area (Å²) in [6.07, 6.45) is 2.98. The number of nitrogens with one attached hydrogen (secondary N) is 1. The van der Waals surface area contributed by atoms with Gasteiger partial charge < -0.3 is 14.9 Å². The summed E-state index contributed by atoms with van der Waals surface area (Å²) in [5.74, 6) is -0.781. The highest BCUT2D eigenvalue weighted by Gasteiger charge is 2.31. The molecule has 0 radical (unpaired) electrons. The van der Waals surface area contributed by atoms with Crippen molar-refractivity contribution in [3.63, 3.8) is 0 Å². The second-order valence-electron chi connectivity index (χ2n) is 7.02. The summed E-state index contributed by atoms with van der Waals surface area (Å²) in [5.41, 5.74) is 1.22. The van der Waals surface area contributed by atoms with Crippen LogP contribution < -0.4 is 10.7 Å². The number of aryl methyl sites for hydroxylation is 1. The molecule has 0 saturated heterocycles. The van der Waals surface area contributed by atoms with Crippen molar-refractivity contribution in [2.75, 3.05) is 5.75 Å². The molecule has 7 heteroatoms. The molecule has 124 valence electrons. The standard InChI is InChI=1S/C16H20N2O3S2/c1-16(2,3)8-4-5-9-10(6-8)23-14-12(9)13(21)17-15(18-14)22-7-11(19)20/h8H,4-7H2,1-3H3,(H,19,20)(H,17,18,21)/p-1/t8-/m0/s1. The van der Waals surface area contributed by atoms with Crippen LogP contribution in [0.15, 0.2) is 9.95 Å². The third kappa shape index (κ3) is 3.30. The number of thiophene rings is 1. The molecule has 0 spiro atoms. The van der Waals surface area contributed by atoms with Gasteiger partial charge in [-0.3, -0.25) is 4.79 Å². The topological polar surface area (TPSA) is 85.9 Å². The molecule has 0 unspecified atom stereocenters. The maximum atomic E-state index is 12.4. The lowest BCUT2D eigenvalue weighted by atomic mass is 9.72. The third-order valence-electron chi connectivity index (χ3n) is 4.45. The van der Waals surface area contributed by atoms with Crippen molar-refractivity contribution in [2.24, 2.45) is 11.3 Å². The minimum atomic E-state index is -1.17. The van der Waals surface area contributed by atoms with Gasteiger partial charge in [-0.1, -0.05) is 32.5 Å². The summed E-state index contributed by atoms with van der Waals surface area (Å²) in [4.78, 5) is 32.1. The number of thioether (sulfide) groups is 1. The van der Waals surface area contributed by atoms with Crippen LogP contribution in [0.1, 0.15) is 37.6 Å². The van der Waals surface area contributed by atoms with Crippen LogP contribution >= 0.6 is 23.1 Å². The van der Waals surface area contributed by atoms with Gasteiger partial charge in [0.25, 0.3) is 5.56 Å². The van der Waals surface area contributed by atoms with Crippen molar-refractivity contribution in [1.82, 2.24) is 9.97 Å². The minimum Gasteiger partial charge on any atom is -0.549 e. The summed E-state index contributed by atoms with van der Waals surface area (Å²) in [6, 6.07) is 0. The van der Waals surface area contributed by atoms with Crippen LogP contribution in [0.5, 0.6) is 0 Å². The molecular formula is C16H19N2O3S2-. The highest BCUT2D eigenvalue weighted by molar-refractivity contribution is 7.99. The molecule has 2 aromatic heterocycles. The van der Waals surface area contributed by atoms with Gasteiger partial charge in [0.1, 0.15) is 4.83 Å². The Bertz CT molecular complexity index is 817. The molecule has 1 N–H and O–H groups in total. The number of carbonyl (C=O) groups excluding carboxylic acids is 1. The number of rotatable bonds is 3. The Kier molecular flexibility index (Phi) is 4.27. The fourth-order valence-corrected chi connectivity index (χ4v) is 5.03. The average molecular weight is 351 g/mol. The highest BCUT2D eigenvalue weighted by atomic mass is 32.2. The van der Waals surface area contributed by atoms with Gasteiger partial charge in [-0.05, 0) is 36.2 Å². The molecular weight excluding hydrogens is 332 g/mol. The van der Waals surface area contributed by atoms with Gasteiger partial charge in [-0.2, -0.15) is 0 Å². The zero-order valence-corrected chi connectivity index (χ0v) is 15.0. The summed E-state index contributed by atoms with van der Waals surface area (Å²) < 4.78 is 0. The van der Waals surface area contributed by atoms with Gasteiger partial charge in [0.05, 0.1) is 11.4 Å². The quantitative estimate of drug-likeness (QED) is 0.675. The first kappa shape index (κ1) is 16.5. The van der Waals surface area contributed by atoms with Crippen molar-refractivity contribution in [2.45, 2.75) is 45.2 Å².